The molecule has 0 atom stereocenters. The van der Waals surface area contributed by atoms with E-state index < -0.39 is 0 Å². The van der Waals surface area contributed by atoms with Crippen molar-refractivity contribution in [2.45, 2.75) is 32.7 Å². The van der Waals surface area contributed by atoms with Crippen LogP contribution in [0.2, 0.25) is 0 Å². The lowest BCUT2D eigenvalue weighted by Gasteiger charge is -2.19. The van der Waals surface area contributed by atoms with Gasteiger partial charge in [-0.15, -0.1) is 21.8 Å². The van der Waals surface area contributed by atoms with Gasteiger partial charge in [-0.25, -0.2) is 0 Å². The highest BCUT2D eigenvalue weighted by Gasteiger charge is 2.05. The maximum atomic E-state index is 5.75. The Morgan fingerprint density at radius 1 is 1.40 bits per heavy atom. The van der Waals surface area contributed by atoms with Crippen molar-refractivity contribution in [1.29, 1.82) is 0 Å². The summed E-state index contributed by atoms with van der Waals surface area (Å²) in [5.74, 6) is 1.28. The van der Waals surface area contributed by atoms with Crippen LogP contribution in [0.1, 0.15) is 26.1 Å². The van der Waals surface area contributed by atoms with Crippen molar-refractivity contribution in [2.24, 2.45) is 0 Å². The fourth-order valence-electron chi connectivity index (χ4n) is 1.56. The van der Waals surface area contributed by atoms with Crippen LogP contribution in [0.4, 0.5) is 0 Å². The van der Waals surface area contributed by atoms with E-state index in [0.717, 1.165) is 32.0 Å². The van der Waals surface area contributed by atoms with E-state index in [9.17, 15) is 0 Å². The van der Waals surface area contributed by atoms with Crippen molar-refractivity contribution in [2.75, 3.05) is 19.6 Å². The van der Waals surface area contributed by atoms with Crippen LogP contribution in [0.3, 0.4) is 0 Å². The van der Waals surface area contributed by atoms with Crippen molar-refractivity contribution in [1.82, 2.24) is 19.7 Å². The highest BCUT2D eigenvalue weighted by atomic mass is 35.5. The molecule has 0 unspecified atom stereocenters. The van der Waals surface area contributed by atoms with Gasteiger partial charge in [0.2, 0.25) is 0 Å². The van der Waals surface area contributed by atoms with Gasteiger partial charge in [-0.1, -0.05) is 13.8 Å². The standard InChI is InChI=1S/C10H19ClN4/c1-3-5-14(4-2)6-7-15-9-12-13-10(15)8-11/h9H,3-8H2,1-2H3. The third-order valence-corrected chi connectivity index (χ3v) is 2.70. The largest absolute Gasteiger partial charge is 0.315 e. The van der Waals surface area contributed by atoms with Gasteiger partial charge in [-0.2, -0.15) is 0 Å². The lowest BCUT2D eigenvalue weighted by Crippen LogP contribution is -2.28. The zero-order chi connectivity index (χ0) is 11.1. The Morgan fingerprint density at radius 3 is 2.80 bits per heavy atom. The van der Waals surface area contributed by atoms with Crippen molar-refractivity contribution in [3.63, 3.8) is 0 Å². The van der Waals surface area contributed by atoms with E-state index in [-0.39, 0.29) is 0 Å². The molecule has 0 saturated carbocycles. The van der Waals surface area contributed by atoms with Crippen LogP contribution in [-0.4, -0.2) is 39.3 Å². The smallest absolute Gasteiger partial charge is 0.147 e. The number of hydrogen-bond donors (Lipinski definition) is 0. The summed E-state index contributed by atoms with van der Waals surface area (Å²) < 4.78 is 2.02. The molecule has 0 aliphatic heterocycles. The minimum absolute atomic E-state index is 0.430. The molecular weight excluding hydrogens is 212 g/mol. The van der Waals surface area contributed by atoms with Gasteiger partial charge in [0.15, 0.2) is 0 Å². The molecule has 0 amide bonds. The zero-order valence-electron chi connectivity index (χ0n) is 9.49. The second-order valence-electron chi connectivity index (χ2n) is 3.51. The summed E-state index contributed by atoms with van der Waals surface area (Å²) in [6.07, 6.45) is 2.94. The molecule has 0 fully saturated rings. The number of alkyl halides is 1. The first kappa shape index (κ1) is 12.5. The average molecular weight is 231 g/mol. The fourth-order valence-corrected chi connectivity index (χ4v) is 1.77. The molecule has 1 rings (SSSR count). The average Bonchev–Trinajstić information content (AvgIpc) is 2.71. The molecule has 5 heteroatoms. The van der Waals surface area contributed by atoms with Crippen LogP contribution >= 0.6 is 11.6 Å². The highest BCUT2D eigenvalue weighted by Crippen LogP contribution is 2.00. The van der Waals surface area contributed by atoms with Crippen LogP contribution < -0.4 is 0 Å². The Labute approximate surface area is 96.2 Å². The number of halogens is 1. The van der Waals surface area contributed by atoms with Crippen LogP contribution in [-0.2, 0) is 12.4 Å². The molecule has 0 bridgehead atoms. The Balaban J connectivity index is 2.41. The molecule has 86 valence electrons. The van der Waals surface area contributed by atoms with Crippen molar-refractivity contribution in [3.05, 3.63) is 12.2 Å². The summed E-state index contributed by atoms with van der Waals surface area (Å²) in [5.41, 5.74) is 0. The Hall–Kier alpha value is -0.610. The third kappa shape index (κ3) is 3.80. The number of likely N-dealkylation sites (N-methyl/N-ethyl adjacent to an activating group) is 1. The Morgan fingerprint density at radius 2 is 2.20 bits per heavy atom. The van der Waals surface area contributed by atoms with E-state index in [1.165, 1.54) is 6.42 Å². The second-order valence-corrected chi connectivity index (χ2v) is 3.78. The van der Waals surface area contributed by atoms with Gasteiger partial charge in [-0.05, 0) is 19.5 Å². The number of hydrogen-bond acceptors (Lipinski definition) is 3. The normalized spacial score (nSPS) is 11.2. The van der Waals surface area contributed by atoms with Gasteiger partial charge in [0.25, 0.3) is 0 Å². The van der Waals surface area contributed by atoms with Gasteiger partial charge in [0, 0.05) is 13.1 Å². The SMILES string of the molecule is CCCN(CC)CCn1cnnc1CCl. The van der Waals surface area contributed by atoms with E-state index in [0.29, 0.717) is 5.88 Å². The van der Waals surface area contributed by atoms with Crippen LogP contribution in [0.15, 0.2) is 6.33 Å². The molecule has 0 aromatic carbocycles. The lowest BCUT2D eigenvalue weighted by atomic mass is 10.4. The molecule has 0 radical (unpaired) electrons. The Kier molecular flexibility index (Phi) is 5.65. The summed E-state index contributed by atoms with van der Waals surface area (Å²) >= 11 is 5.75. The minimum atomic E-state index is 0.430. The van der Waals surface area contributed by atoms with Crippen molar-refractivity contribution >= 4 is 11.6 Å². The highest BCUT2D eigenvalue weighted by molar-refractivity contribution is 6.16. The van der Waals surface area contributed by atoms with Gasteiger partial charge >= 0.3 is 0 Å². The summed E-state index contributed by atoms with van der Waals surface area (Å²) in [6.45, 7) is 8.58. The minimum Gasteiger partial charge on any atom is -0.315 e. The summed E-state index contributed by atoms with van der Waals surface area (Å²) in [5, 5.41) is 7.80. The first-order chi connectivity index (χ1) is 7.31. The third-order valence-electron chi connectivity index (χ3n) is 2.46. The lowest BCUT2D eigenvalue weighted by molar-refractivity contribution is 0.275. The van der Waals surface area contributed by atoms with Crippen LogP contribution in [0, 0.1) is 0 Å². The number of aromatic nitrogens is 3. The molecule has 0 spiro atoms. The summed E-state index contributed by atoms with van der Waals surface area (Å²) in [6, 6.07) is 0. The van der Waals surface area contributed by atoms with E-state index in [1.54, 1.807) is 6.33 Å². The van der Waals surface area contributed by atoms with Gasteiger partial charge < -0.3 is 9.47 Å². The maximum absolute atomic E-state index is 5.75. The number of rotatable bonds is 7. The molecule has 0 saturated heterocycles. The predicted molar refractivity (Wildman–Crippen MR) is 62.0 cm³/mol. The monoisotopic (exact) mass is 230 g/mol. The predicted octanol–water partition coefficient (Wildman–Crippen LogP) is 1.75. The molecule has 0 aliphatic carbocycles. The molecule has 1 heterocycles. The molecule has 0 aliphatic rings. The van der Waals surface area contributed by atoms with E-state index in [1.807, 2.05) is 4.57 Å². The topological polar surface area (TPSA) is 34.0 Å². The van der Waals surface area contributed by atoms with Crippen molar-refractivity contribution < 1.29 is 0 Å². The molecule has 1 aromatic rings. The summed E-state index contributed by atoms with van der Waals surface area (Å²) in [4.78, 5) is 2.41. The van der Waals surface area contributed by atoms with Crippen LogP contribution in [0.5, 0.6) is 0 Å². The molecule has 15 heavy (non-hydrogen) atoms. The fraction of sp³-hybridized carbons (Fsp3) is 0.800. The zero-order valence-corrected chi connectivity index (χ0v) is 10.2. The maximum Gasteiger partial charge on any atom is 0.147 e. The molecule has 4 nitrogen and oxygen atoms in total. The first-order valence-corrected chi connectivity index (χ1v) is 6.00. The van der Waals surface area contributed by atoms with Gasteiger partial charge in [-0.3, -0.25) is 0 Å². The van der Waals surface area contributed by atoms with E-state index in [4.69, 9.17) is 11.6 Å². The molecular formula is C10H19ClN4. The van der Waals surface area contributed by atoms with E-state index >= 15 is 0 Å². The Bertz CT molecular complexity index is 274. The van der Waals surface area contributed by atoms with Gasteiger partial charge in [0.1, 0.15) is 12.2 Å². The second kappa shape index (κ2) is 6.80. The summed E-state index contributed by atoms with van der Waals surface area (Å²) in [7, 11) is 0. The quantitative estimate of drug-likeness (QED) is 0.670. The van der Waals surface area contributed by atoms with E-state index in [2.05, 4.69) is 28.9 Å². The number of nitrogens with zero attached hydrogens (tertiary/aromatic N) is 4. The van der Waals surface area contributed by atoms with Gasteiger partial charge in [0.05, 0.1) is 5.88 Å². The first-order valence-electron chi connectivity index (χ1n) is 5.46. The molecule has 1 aromatic heterocycles. The van der Waals surface area contributed by atoms with Crippen molar-refractivity contribution in [3.8, 4) is 0 Å². The van der Waals surface area contributed by atoms with Crippen LogP contribution in [0.25, 0.3) is 0 Å². The molecule has 0 N–H and O–H groups in total.